The van der Waals surface area contributed by atoms with Crippen LogP contribution in [0.25, 0.3) is 93.2 Å². The Hall–Kier alpha value is -7.73. The molecule has 59 heavy (non-hydrogen) atoms. The van der Waals surface area contributed by atoms with Crippen LogP contribution in [0.3, 0.4) is 0 Å². The number of hydrogen-bond donors (Lipinski definition) is 0. The highest BCUT2D eigenvalue weighted by Crippen LogP contribution is 2.45. The fraction of sp³-hybridized carbons (Fsp3) is 0.0351. The molecule has 1 aliphatic rings. The van der Waals surface area contributed by atoms with E-state index in [1.165, 1.54) is 98.8 Å². The molecule has 0 bridgehead atoms. The van der Waals surface area contributed by atoms with E-state index in [4.69, 9.17) is 0 Å². The van der Waals surface area contributed by atoms with Crippen LogP contribution in [0.2, 0.25) is 0 Å². The first-order valence-electron chi connectivity index (χ1n) is 20.4. The van der Waals surface area contributed by atoms with Crippen molar-refractivity contribution in [3.8, 4) is 45.1 Å². The maximum atomic E-state index is 9.23. The van der Waals surface area contributed by atoms with Crippen molar-refractivity contribution < 1.29 is 0 Å². The molecule has 2 nitrogen and oxygen atoms in total. The molecule has 1 heterocycles. The summed E-state index contributed by atoms with van der Waals surface area (Å²) in [6.07, 6.45) is 0.951. The minimum atomic E-state index is 0.272. The summed E-state index contributed by atoms with van der Waals surface area (Å²) in [6, 6.07) is 75.5. The molecule has 1 atom stereocenters. The highest BCUT2D eigenvalue weighted by atomic mass is 15.0. The molecule has 12 rings (SSSR count). The maximum absolute atomic E-state index is 9.23. The highest BCUT2D eigenvalue weighted by molar-refractivity contribution is 6.25. The van der Waals surface area contributed by atoms with Gasteiger partial charge < -0.3 is 4.57 Å². The van der Waals surface area contributed by atoms with E-state index in [0.29, 0.717) is 5.56 Å². The predicted octanol–water partition coefficient (Wildman–Crippen LogP) is 14.8. The standard InChI is InChI=1S/C57H36N2/c58-35-36-17-19-37(20-18-36)38-21-23-39(24-22-38)52-33-42-26-25-40(31-53(42)48-13-5-4-12-47(48)52)41-27-30-57-55(32-41)51-15-7-8-16-56(51)59(57)43-28-29-50-46-11-2-1-9-44(46)45-10-3-6-14-49(45)54(50)34-43/h1-32,34,52H,33H2. The Balaban J connectivity index is 0.937. The Morgan fingerprint density at radius 2 is 0.966 bits per heavy atom. The monoisotopic (exact) mass is 748 g/mol. The number of hydrogen-bond acceptors (Lipinski definition) is 1. The zero-order valence-corrected chi connectivity index (χ0v) is 32.2. The fourth-order valence-electron chi connectivity index (χ4n) is 9.97. The van der Waals surface area contributed by atoms with Crippen LogP contribution in [0, 0.1) is 11.3 Å². The summed E-state index contributed by atoms with van der Waals surface area (Å²) in [7, 11) is 0. The Labute approximate surface area is 342 Å². The van der Waals surface area contributed by atoms with Crippen molar-refractivity contribution in [3.05, 3.63) is 222 Å². The van der Waals surface area contributed by atoms with Gasteiger partial charge in [-0.25, -0.2) is 0 Å². The zero-order valence-electron chi connectivity index (χ0n) is 32.2. The minimum Gasteiger partial charge on any atom is -0.309 e. The number of rotatable bonds is 4. The van der Waals surface area contributed by atoms with E-state index in [2.05, 4.69) is 187 Å². The van der Waals surface area contributed by atoms with Crippen LogP contribution in [0.4, 0.5) is 0 Å². The lowest BCUT2D eigenvalue weighted by Gasteiger charge is -2.29. The first-order valence-corrected chi connectivity index (χ1v) is 20.4. The molecule has 0 saturated heterocycles. The van der Waals surface area contributed by atoms with Crippen molar-refractivity contribution in [1.29, 1.82) is 5.26 Å². The Morgan fingerprint density at radius 3 is 1.69 bits per heavy atom. The average Bonchev–Trinajstić information content (AvgIpc) is 3.65. The number of nitriles is 1. The van der Waals surface area contributed by atoms with E-state index in [-0.39, 0.29) is 5.92 Å². The largest absolute Gasteiger partial charge is 0.309 e. The molecule has 11 aromatic rings. The third-order valence-corrected chi connectivity index (χ3v) is 12.8. The van der Waals surface area contributed by atoms with Gasteiger partial charge in [-0.1, -0.05) is 152 Å². The molecule has 1 aliphatic carbocycles. The quantitative estimate of drug-likeness (QED) is 0.165. The molecule has 1 aromatic heterocycles. The molecule has 0 fully saturated rings. The van der Waals surface area contributed by atoms with Crippen LogP contribution in [0.15, 0.2) is 200 Å². The van der Waals surface area contributed by atoms with Crippen LogP contribution in [-0.2, 0) is 6.42 Å². The third-order valence-electron chi connectivity index (χ3n) is 12.8. The molecule has 0 spiro atoms. The van der Waals surface area contributed by atoms with Gasteiger partial charge in [0, 0.05) is 22.4 Å². The van der Waals surface area contributed by atoms with Gasteiger partial charge in [-0.2, -0.15) is 5.26 Å². The predicted molar refractivity (Wildman–Crippen MR) is 246 cm³/mol. The fourth-order valence-corrected chi connectivity index (χ4v) is 9.97. The average molecular weight is 749 g/mol. The van der Waals surface area contributed by atoms with Crippen molar-refractivity contribution in [3.63, 3.8) is 0 Å². The van der Waals surface area contributed by atoms with Crippen LogP contribution < -0.4 is 0 Å². The van der Waals surface area contributed by atoms with Gasteiger partial charge >= 0.3 is 0 Å². The number of fused-ring (bicyclic) bond motifs is 12. The Bertz CT molecular complexity index is 3490. The first-order chi connectivity index (χ1) is 29.2. The molecule has 0 N–H and O–H groups in total. The number of benzene rings is 10. The van der Waals surface area contributed by atoms with Crippen LogP contribution in [0.5, 0.6) is 0 Å². The second kappa shape index (κ2) is 13.2. The Kier molecular flexibility index (Phi) is 7.46. The van der Waals surface area contributed by atoms with Crippen LogP contribution in [0.1, 0.15) is 28.2 Å². The lowest BCUT2D eigenvalue weighted by Crippen LogP contribution is -2.12. The summed E-state index contributed by atoms with van der Waals surface area (Å²) in [5.41, 5.74) is 15.7. The zero-order chi connectivity index (χ0) is 39.0. The van der Waals surface area contributed by atoms with E-state index in [0.717, 1.165) is 17.5 Å². The van der Waals surface area contributed by atoms with Gasteiger partial charge in [-0.3, -0.25) is 0 Å². The summed E-state index contributed by atoms with van der Waals surface area (Å²) in [6.45, 7) is 0. The van der Waals surface area contributed by atoms with Gasteiger partial charge in [0.15, 0.2) is 0 Å². The summed E-state index contributed by atoms with van der Waals surface area (Å²) < 4.78 is 2.44. The van der Waals surface area contributed by atoms with E-state index in [9.17, 15) is 5.26 Å². The summed E-state index contributed by atoms with van der Waals surface area (Å²) >= 11 is 0. The molecule has 0 saturated carbocycles. The number of aromatic nitrogens is 1. The molecule has 10 aromatic carbocycles. The highest BCUT2D eigenvalue weighted by Gasteiger charge is 2.26. The van der Waals surface area contributed by atoms with Crippen LogP contribution >= 0.6 is 0 Å². The van der Waals surface area contributed by atoms with Crippen molar-refractivity contribution in [2.45, 2.75) is 12.3 Å². The van der Waals surface area contributed by atoms with Crippen molar-refractivity contribution in [2.75, 3.05) is 0 Å². The van der Waals surface area contributed by atoms with Crippen LogP contribution in [-0.4, -0.2) is 4.57 Å². The SMILES string of the molecule is N#Cc1ccc(-c2ccc(C3Cc4ccc(-c5ccc6c(c5)c5ccccc5n6-c5ccc6c7ccccc7c7ccccc7c6c5)cc4-c4ccccc43)cc2)cc1. The van der Waals surface area contributed by atoms with E-state index >= 15 is 0 Å². The van der Waals surface area contributed by atoms with Gasteiger partial charge in [-0.05, 0) is 137 Å². The molecule has 0 amide bonds. The van der Waals surface area contributed by atoms with E-state index < -0.39 is 0 Å². The topological polar surface area (TPSA) is 28.7 Å². The molecule has 2 heteroatoms. The van der Waals surface area contributed by atoms with Crippen molar-refractivity contribution >= 4 is 54.1 Å². The summed E-state index contributed by atoms with van der Waals surface area (Å²) in [5, 5.41) is 19.5. The minimum absolute atomic E-state index is 0.272. The Morgan fingerprint density at radius 1 is 0.407 bits per heavy atom. The summed E-state index contributed by atoms with van der Waals surface area (Å²) in [5.74, 6) is 0.272. The third kappa shape index (κ3) is 5.26. The number of para-hydroxylation sites is 1. The first kappa shape index (κ1) is 33.4. The molecule has 0 radical (unpaired) electrons. The molecule has 274 valence electrons. The lowest BCUT2D eigenvalue weighted by molar-refractivity contribution is 0.794. The van der Waals surface area contributed by atoms with Gasteiger partial charge in [0.05, 0.1) is 22.7 Å². The molecular formula is C57H36N2. The van der Waals surface area contributed by atoms with Gasteiger partial charge in [0.1, 0.15) is 0 Å². The lowest BCUT2D eigenvalue weighted by atomic mass is 9.75. The number of nitrogens with zero attached hydrogens (tertiary/aromatic N) is 2. The van der Waals surface area contributed by atoms with Gasteiger partial charge in [0.2, 0.25) is 0 Å². The summed E-state index contributed by atoms with van der Waals surface area (Å²) in [4.78, 5) is 0. The van der Waals surface area contributed by atoms with E-state index in [1.807, 2.05) is 24.3 Å². The second-order valence-electron chi connectivity index (χ2n) is 15.9. The smallest absolute Gasteiger partial charge is 0.0991 e. The normalized spacial score (nSPS) is 13.5. The van der Waals surface area contributed by atoms with Crippen molar-refractivity contribution in [2.24, 2.45) is 0 Å². The van der Waals surface area contributed by atoms with E-state index in [1.54, 1.807) is 0 Å². The molecule has 1 unspecified atom stereocenters. The van der Waals surface area contributed by atoms with Crippen molar-refractivity contribution in [1.82, 2.24) is 4.57 Å². The maximum Gasteiger partial charge on any atom is 0.0991 e. The molecule has 0 aliphatic heterocycles. The molecular weight excluding hydrogens is 713 g/mol. The van der Waals surface area contributed by atoms with Gasteiger partial charge in [0.25, 0.3) is 0 Å². The second-order valence-corrected chi connectivity index (χ2v) is 15.9. The van der Waals surface area contributed by atoms with Gasteiger partial charge in [-0.15, -0.1) is 0 Å².